The molecule has 3 aromatic rings. The molecule has 0 spiro atoms. The van der Waals surface area contributed by atoms with Gasteiger partial charge in [-0.1, -0.05) is 12.1 Å². The Kier molecular flexibility index (Phi) is 9.11. The Labute approximate surface area is 228 Å². The van der Waals surface area contributed by atoms with E-state index in [1.807, 2.05) is 24.3 Å². The summed E-state index contributed by atoms with van der Waals surface area (Å²) in [5.41, 5.74) is 2.32. The molecular weight excluding hydrogens is 498 g/mol. The van der Waals surface area contributed by atoms with Crippen molar-refractivity contribution < 1.29 is 24.2 Å². The number of benzene rings is 2. The molecule has 0 aliphatic carbocycles. The third-order valence-electron chi connectivity index (χ3n) is 5.98. The molecule has 1 aliphatic rings. The number of anilines is 2. The minimum absolute atomic E-state index is 0.194. The Morgan fingerprint density at radius 1 is 1.03 bits per heavy atom. The lowest BCUT2D eigenvalue weighted by Crippen LogP contribution is -2.34. The molecule has 0 radical (unpaired) electrons. The first-order valence-electron chi connectivity index (χ1n) is 13.0. The van der Waals surface area contributed by atoms with Crippen LogP contribution < -0.4 is 15.4 Å². The predicted molar refractivity (Wildman–Crippen MR) is 148 cm³/mol. The third kappa shape index (κ3) is 8.76. The molecular formula is C29H35N5O5. The molecule has 1 amide bonds. The van der Waals surface area contributed by atoms with E-state index in [0.29, 0.717) is 24.7 Å². The van der Waals surface area contributed by atoms with Crippen LogP contribution in [0, 0.1) is 0 Å². The second kappa shape index (κ2) is 12.7. The number of nitrogens with one attached hydrogen (secondary N) is 2. The molecule has 3 N–H and O–H groups in total. The lowest BCUT2D eigenvalue weighted by molar-refractivity contribution is -0.153. The highest BCUT2D eigenvalue weighted by Crippen LogP contribution is 2.22. The summed E-state index contributed by atoms with van der Waals surface area (Å²) in [6.07, 6.45) is 4.02. The molecule has 2 aromatic carbocycles. The van der Waals surface area contributed by atoms with Crippen LogP contribution in [0.5, 0.6) is 5.75 Å². The van der Waals surface area contributed by atoms with Gasteiger partial charge in [0.25, 0.3) is 5.91 Å². The van der Waals surface area contributed by atoms with Crippen molar-refractivity contribution in [3.05, 3.63) is 66.5 Å². The zero-order valence-electron chi connectivity index (χ0n) is 22.5. The van der Waals surface area contributed by atoms with Crippen LogP contribution in [-0.2, 0) is 9.53 Å². The van der Waals surface area contributed by atoms with Crippen molar-refractivity contribution in [2.24, 2.45) is 0 Å². The number of β-amino-alcohol motifs (C(OH)–C–C–N with tert-alkyl or cyclic N) is 1. The lowest BCUT2D eigenvalue weighted by Gasteiger charge is -2.19. The minimum Gasteiger partial charge on any atom is -0.492 e. The summed E-state index contributed by atoms with van der Waals surface area (Å²) in [5, 5.41) is 15.3. The van der Waals surface area contributed by atoms with Crippen LogP contribution >= 0.6 is 0 Å². The lowest BCUT2D eigenvalue weighted by atomic mass is 10.1. The zero-order valence-corrected chi connectivity index (χ0v) is 22.5. The van der Waals surface area contributed by atoms with Crippen LogP contribution in [0.15, 0.2) is 60.9 Å². The maximum atomic E-state index is 12.3. The van der Waals surface area contributed by atoms with Gasteiger partial charge >= 0.3 is 5.97 Å². The third-order valence-corrected chi connectivity index (χ3v) is 5.98. The van der Waals surface area contributed by atoms with E-state index in [4.69, 9.17) is 9.47 Å². The van der Waals surface area contributed by atoms with Crippen LogP contribution in [0.25, 0.3) is 11.1 Å². The zero-order chi connectivity index (χ0) is 27.8. The number of ether oxygens (including phenoxy) is 2. The maximum Gasteiger partial charge on any atom is 0.325 e. The summed E-state index contributed by atoms with van der Waals surface area (Å²) in [7, 11) is 0. The SMILES string of the molecule is CC(C)(C)OC(=O)CNC(=O)c1ccc(-c2cnc(Nc3ccc(OCCN4CCC(O)C4)cc3)nc2)cc1. The van der Waals surface area contributed by atoms with Gasteiger partial charge in [-0.05, 0) is 69.2 Å². The van der Waals surface area contributed by atoms with Gasteiger partial charge in [0, 0.05) is 48.8 Å². The first-order valence-corrected chi connectivity index (χ1v) is 13.0. The first kappa shape index (κ1) is 28.0. The number of hydrogen-bond donors (Lipinski definition) is 3. The van der Waals surface area contributed by atoms with Gasteiger partial charge in [-0.25, -0.2) is 9.97 Å². The molecule has 1 aromatic heterocycles. The molecule has 39 heavy (non-hydrogen) atoms. The summed E-state index contributed by atoms with van der Waals surface area (Å²) in [6, 6.07) is 14.6. The molecule has 206 valence electrons. The summed E-state index contributed by atoms with van der Waals surface area (Å²) >= 11 is 0. The Balaban J connectivity index is 1.24. The number of hydrogen-bond acceptors (Lipinski definition) is 9. The standard InChI is InChI=1S/C29H35N5O5/c1-29(2,3)39-26(36)18-30-27(37)21-6-4-20(5-7-21)22-16-31-28(32-17-22)33-23-8-10-25(11-9-23)38-15-14-34-13-12-24(35)19-34/h4-11,16-17,24,35H,12-15,18-19H2,1-3H3,(H,30,37)(H,31,32,33). The van der Waals surface area contributed by atoms with Gasteiger partial charge in [0.2, 0.25) is 5.95 Å². The first-order chi connectivity index (χ1) is 18.6. The number of amides is 1. The topological polar surface area (TPSA) is 126 Å². The number of aromatic nitrogens is 2. The smallest absolute Gasteiger partial charge is 0.325 e. The fourth-order valence-electron chi connectivity index (χ4n) is 4.06. The van der Waals surface area contributed by atoms with E-state index >= 15 is 0 Å². The van der Waals surface area contributed by atoms with Crippen molar-refractivity contribution in [2.45, 2.75) is 38.9 Å². The minimum atomic E-state index is -0.601. The van der Waals surface area contributed by atoms with Crippen molar-refractivity contribution in [1.82, 2.24) is 20.2 Å². The number of rotatable bonds is 10. The highest BCUT2D eigenvalue weighted by atomic mass is 16.6. The number of likely N-dealkylation sites (tertiary alicyclic amines) is 1. The number of carbonyl (C=O) groups is 2. The number of aliphatic hydroxyl groups is 1. The van der Waals surface area contributed by atoms with Crippen molar-refractivity contribution in [3.8, 4) is 16.9 Å². The monoisotopic (exact) mass is 533 g/mol. The number of carbonyl (C=O) groups excluding carboxylic acids is 2. The van der Waals surface area contributed by atoms with Crippen molar-refractivity contribution in [3.63, 3.8) is 0 Å². The van der Waals surface area contributed by atoms with Gasteiger partial charge < -0.3 is 25.2 Å². The van der Waals surface area contributed by atoms with Gasteiger partial charge in [-0.2, -0.15) is 0 Å². The molecule has 1 aliphatic heterocycles. The molecule has 1 fully saturated rings. The average molecular weight is 534 g/mol. The van der Waals surface area contributed by atoms with E-state index in [-0.39, 0.29) is 18.6 Å². The molecule has 1 saturated heterocycles. The Hall–Kier alpha value is -4.02. The predicted octanol–water partition coefficient (Wildman–Crippen LogP) is 3.40. The molecule has 2 heterocycles. The van der Waals surface area contributed by atoms with E-state index in [0.717, 1.165) is 42.1 Å². The fourth-order valence-corrected chi connectivity index (χ4v) is 4.06. The molecule has 0 bridgehead atoms. The highest BCUT2D eigenvalue weighted by Gasteiger charge is 2.19. The second-order valence-corrected chi connectivity index (χ2v) is 10.4. The van der Waals surface area contributed by atoms with Crippen LogP contribution in [-0.4, -0.2) is 76.3 Å². The van der Waals surface area contributed by atoms with Crippen LogP contribution in [0.1, 0.15) is 37.6 Å². The van der Waals surface area contributed by atoms with Crippen LogP contribution in [0.4, 0.5) is 11.6 Å². The van der Waals surface area contributed by atoms with Crippen LogP contribution in [0.3, 0.4) is 0 Å². The van der Waals surface area contributed by atoms with E-state index in [9.17, 15) is 14.7 Å². The van der Waals surface area contributed by atoms with E-state index in [1.165, 1.54) is 0 Å². The quantitative estimate of drug-likeness (QED) is 0.336. The summed E-state index contributed by atoms with van der Waals surface area (Å²) in [6.45, 7) is 8.12. The van der Waals surface area contributed by atoms with Gasteiger partial charge in [0.15, 0.2) is 0 Å². The normalized spacial score (nSPS) is 15.5. The van der Waals surface area contributed by atoms with Gasteiger partial charge in [0.05, 0.1) is 6.10 Å². The van der Waals surface area contributed by atoms with E-state index in [2.05, 4.69) is 25.5 Å². The maximum absolute atomic E-state index is 12.3. The molecule has 10 heteroatoms. The average Bonchev–Trinajstić information content (AvgIpc) is 3.32. The molecule has 1 atom stereocenters. The van der Waals surface area contributed by atoms with E-state index < -0.39 is 11.6 Å². The van der Waals surface area contributed by atoms with Gasteiger partial charge in [-0.15, -0.1) is 0 Å². The van der Waals surface area contributed by atoms with Crippen molar-refractivity contribution in [1.29, 1.82) is 0 Å². The number of esters is 1. The summed E-state index contributed by atoms with van der Waals surface area (Å²) < 4.78 is 11.0. The van der Waals surface area contributed by atoms with Gasteiger partial charge in [0.1, 0.15) is 24.5 Å². The Morgan fingerprint density at radius 2 is 1.72 bits per heavy atom. The van der Waals surface area contributed by atoms with Crippen molar-refractivity contribution >= 4 is 23.5 Å². The van der Waals surface area contributed by atoms with Crippen LogP contribution in [0.2, 0.25) is 0 Å². The van der Waals surface area contributed by atoms with Crippen molar-refractivity contribution in [2.75, 3.05) is 38.1 Å². The number of nitrogens with zero attached hydrogens (tertiary/aromatic N) is 3. The summed E-state index contributed by atoms with van der Waals surface area (Å²) in [5.74, 6) is 0.389. The summed E-state index contributed by atoms with van der Waals surface area (Å²) in [4.78, 5) is 35.2. The molecule has 1 unspecified atom stereocenters. The highest BCUT2D eigenvalue weighted by molar-refractivity contribution is 5.96. The van der Waals surface area contributed by atoms with E-state index in [1.54, 1.807) is 57.4 Å². The largest absolute Gasteiger partial charge is 0.492 e. The number of aliphatic hydroxyl groups excluding tert-OH is 1. The molecule has 10 nitrogen and oxygen atoms in total. The van der Waals surface area contributed by atoms with Gasteiger partial charge in [-0.3, -0.25) is 14.5 Å². The molecule has 0 saturated carbocycles. The Bertz CT molecular complexity index is 1240. The Morgan fingerprint density at radius 3 is 2.33 bits per heavy atom. The molecule has 4 rings (SSSR count). The second-order valence-electron chi connectivity index (χ2n) is 10.4. The fraction of sp³-hybridized carbons (Fsp3) is 0.379.